The van der Waals surface area contributed by atoms with Crippen LogP contribution in [0.25, 0.3) is 82.5 Å². The van der Waals surface area contributed by atoms with Gasteiger partial charge in [-0.25, -0.2) is 0 Å². The molecule has 7 aromatic carbocycles. The lowest BCUT2D eigenvalue weighted by molar-refractivity contribution is 0.647. The highest BCUT2D eigenvalue weighted by Crippen LogP contribution is 2.50. The Morgan fingerprint density at radius 2 is 1.20 bits per heavy atom. The lowest BCUT2D eigenvalue weighted by atomic mass is 9.82. The van der Waals surface area contributed by atoms with Crippen molar-refractivity contribution in [3.8, 4) is 27.9 Å². The summed E-state index contributed by atoms with van der Waals surface area (Å²) in [7, 11) is 0. The molecule has 0 aliphatic heterocycles. The second kappa shape index (κ2) is 8.74. The summed E-state index contributed by atoms with van der Waals surface area (Å²) in [6.45, 7) is 4.63. The fourth-order valence-electron chi connectivity index (χ4n) is 7.90. The van der Waals surface area contributed by atoms with Gasteiger partial charge in [0.2, 0.25) is 0 Å². The fourth-order valence-corrected chi connectivity index (χ4v) is 7.90. The molecule has 1 aliphatic rings. The zero-order valence-electron chi connectivity index (χ0n) is 25.1. The minimum Gasteiger partial charge on any atom is -0.456 e. The largest absolute Gasteiger partial charge is 0.456 e. The van der Waals surface area contributed by atoms with Crippen LogP contribution in [-0.4, -0.2) is 4.57 Å². The molecule has 0 amide bonds. The second-order valence-corrected chi connectivity index (χ2v) is 13.0. The van der Waals surface area contributed by atoms with Crippen molar-refractivity contribution in [1.82, 2.24) is 4.57 Å². The van der Waals surface area contributed by atoms with E-state index in [0.29, 0.717) is 0 Å². The van der Waals surface area contributed by atoms with Crippen molar-refractivity contribution in [1.29, 1.82) is 0 Å². The van der Waals surface area contributed by atoms with E-state index in [2.05, 4.69) is 158 Å². The van der Waals surface area contributed by atoms with E-state index in [1.54, 1.807) is 0 Å². The lowest BCUT2D eigenvalue weighted by Gasteiger charge is -2.21. The van der Waals surface area contributed by atoms with Crippen LogP contribution in [0.3, 0.4) is 0 Å². The van der Waals surface area contributed by atoms with Crippen molar-refractivity contribution >= 4 is 54.5 Å². The molecule has 0 unspecified atom stereocenters. The van der Waals surface area contributed by atoms with E-state index in [4.69, 9.17) is 4.42 Å². The lowest BCUT2D eigenvalue weighted by Crippen LogP contribution is -2.14. The molecular weight excluding hydrogens is 546 g/mol. The number of furan rings is 1. The van der Waals surface area contributed by atoms with E-state index in [1.165, 1.54) is 71.5 Å². The number of aromatic nitrogens is 1. The van der Waals surface area contributed by atoms with E-state index in [-0.39, 0.29) is 5.41 Å². The predicted octanol–water partition coefficient (Wildman–Crippen LogP) is 11.8. The number of fused-ring (bicyclic) bond motifs is 10. The number of hydrogen-bond acceptors (Lipinski definition) is 1. The third-order valence-corrected chi connectivity index (χ3v) is 10.2. The molecule has 0 spiro atoms. The molecule has 0 fully saturated rings. The van der Waals surface area contributed by atoms with Crippen LogP contribution >= 0.6 is 0 Å². The van der Waals surface area contributed by atoms with Crippen LogP contribution in [0.1, 0.15) is 25.0 Å². The summed E-state index contributed by atoms with van der Waals surface area (Å²) in [5.74, 6) is 0. The number of benzene rings is 7. The summed E-state index contributed by atoms with van der Waals surface area (Å²) >= 11 is 0. The molecule has 0 bridgehead atoms. The van der Waals surface area contributed by atoms with Gasteiger partial charge in [-0.1, -0.05) is 98.8 Å². The van der Waals surface area contributed by atoms with Crippen molar-refractivity contribution in [3.05, 3.63) is 151 Å². The van der Waals surface area contributed by atoms with Gasteiger partial charge < -0.3 is 8.98 Å². The first kappa shape index (κ1) is 24.8. The van der Waals surface area contributed by atoms with Crippen LogP contribution in [0.15, 0.2) is 144 Å². The monoisotopic (exact) mass is 575 g/mol. The zero-order chi connectivity index (χ0) is 29.9. The van der Waals surface area contributed by atoms with Gasteiger partial charge in [-0.2, -0.15) is 0 Å². The zero-order valence-corrected chi connectivity index (χ0v) is 25.1. The average molecular weight is 576 g/mol. The Labute approximate surface area is 260 Å². The number of nitrogens with zero attached hydrogens (tertiary/aromatic N) is 1. The molecule has 1 aliphatic carbocycles. The fraction of sp³-hybridized carbons (Fsp3) is 0.0698. The average Bonchev–Trinajstić information content (AvgIpc) is 3.68. The van der Waals surface area contributed by atoms with E-state index in [0.717, 1.165) is 22.1 Å². The van der Waals surface area contributed by atoms with Gasteiger partial charge in [-0.05, 0) is 98.8 Å². The Bertz CT molecular complexity index is 2680. The Morgan fingerprint density at radius 3 is 2.13 bits per heavy atom. The smallest absolute Gasteiger partial charge is 0.136 e. The molecule has 10 rings (SSSR count). The summed E-state index contributed by atoms with van der Waals surface area (Å²) in [6.07, 6.45) is 0. The Balaban J connectivity index is 1.13. The SMILES string of the molecule is CC1(C)c2ccccc2-c2cc3c(cc21)oc1cc(-c2ccc4c(c2)c2ccccc2n4-c2ccc4ccccc4c2)ccc13. The quantitative estimate of drug-likeness (QED) is 0.200. The van der Waals surface area contributed by atoms with E-state index in [9.17, 15) is 0 Å². The van der Waals surface area contributed by atoms with Crippen molar-refractivity contribution in [2.45, 2.75) is 19.3 Å². The normalized spacial score (nSPS) is 13.7. The topological polar surface area (TPSA) is 18.1 Å². The molecule has 0 N–H and O–H groups in total. The molecule has 9 aromatic rings. The summed E-state index contributed by atoms with van der Waals surface area (Å²) < 4.78 is 8.97. The van der Waals surface area contributed by atoms with E-state index in [1.807, 2.05) is 0 Å². The highest BCUT2D eigenvalue weighted by molar-refractivity contribution is 6.12. The molecule has 2 heteroatoms. The van der Waals surface area contributed by atoms with Gasteiger partial charge in [0.05, 0.1) is 11.0 Å². The first-order valence-corrected chi connectivity index (χ1v) is 15.7. The molecule has 2 aromatic heterocycles. The van der Waals surface area contributed by atoms with E-state index < -0.39 is 0 Å². The Hall–Kier alpha value is -5.60. The number of hydrogen-bond donors (Lipinski definition) is 0. The van der Waals surface area contributed by atoms with Crippen molar-refractivity contribution in [2.75, 3.05) is 0 Å². The van der Waals surface area contributed by atoms with Crippen molar-refractivity contribution in [2.24, 2.45) is 0 Å². The third kappa shape index (κ3) is 3.40. The van der Waals surface area contributed by atoms with E-state index >= 15 is 0 Å². The minimum atomic E-state index is -0.0499. The summed E-state index contributed by atoms with van der Waals surface area (Å²) in [6, 6.07) is 51.0. The van der Waals surface area contributed by atoms with Gasteiger partial charge in [0.25, 0.3) is 0 Å². The molecule has 2 nitrogen and oxygen atoms in total. The maximum Gasteiger partial charge on any atom is 0.136 e. The molecule has 0 saturated heterocycles. The highest BCUT2D eigenvalue weighted by Gasteiger charge is 2.36. The van der Waals surface area contributed by atoms with Gasteiger partial charge in [0.1, 0.15) is 11.2 Å². The molecule has 0 radical (unpaired) electrons. The highest BCUT2D eigenvalue weighted by atomic mass is 16.3. The summed E-state index contributed by atoms with van der Waals surface area (Å²) in [4.78, 5) is 0. The van der Waals surface area contributed by atoms with Crippen LogP contribution in [0.5, 0.6) is 0 Å². The standard InChI is InChI=1S/C43H29NO/c1-43(2)37-13-7-5-11-31(37)34-24-36-33-19-16-29(23-41(33)45-42(36)25-38(34)43)28-17-20-40-35(22-28)32-12-6-8-14-39(32)44(40)30-18-15-26-9-3-4-10-27(26)21-30/h3-25H,1-2H3. The first-order chi connectivity index (χ1) is 22.0. The van der Waals surface area contributed by atoms with Gasteiger partial charge in [0.15, 0.2) is 0 Å². The minimum absolute atomic E-state index is 0.0499. The van der Waals surface area contributed by atoms with Gasteiger partial charge in [0, 0.05) is 32.6 Å². The first-order valence-electron chi connectivity index (χ1n) is 15.7. The maximum atomic E-state index is 6.58. The van der Waals surface area contributed by atoms with Crippen LogP contribution in [-0.2, 0) is 5.41 Å². The summed E-state index contributed by atoms with van der Waals surface area (Å²) in [5, 5.41) is 7.34. The van der Waals surface area contributed by atoms with Crippen LogP contribution in [0.2, 0.25) is 0 Å². The maximum absolute atomic E-state index is 6.58. The van der Waals surface area contributed by atoms with Crippen LogP contribution in [0.4, 0.5) is 0 Å². The molecule has 45 heavy (non-hydrogen) atoms. The predicted molar refractivity (Wildman–Crippen MR) is 189 cm³/mol. The van der Waals surface area contributed by atoms with Crippen molar-refractivity contribution in [3.63, 3.8) is 0 Å². The van der Waals surface area contributed by atoms with Crippen molar-refractivity contribution < 1.29 is 4.42 Å². The Morgan fingerprint density at radius 1 is 0.467 bits per heavy atom. The molecule has 0 atom stereocenters. The van der Waals surface area contributed by atoms with Gasteiger partial charge >= 0.3 is 0 Å². The number of rotatable bonds is 2. The van der Waals surface area contributed by atoms with Gasteiger partial charge in [-0.15, -0.1) is 0 Å². The molecule has 0 saturated carbocycles. The summed E-state index contributed by atoms with van der Waals surface area (Å²) in [5.41, 5.74) is 13.1. The third-order valence-electron chi connectivity index (χ3n) is 10.2. The molecular formula is C43H29NO. The van der Waals surface area contributed by atoms with Crippen LogP contribution in [0, 0.1) is 0 Å². The Kier molecular flexibility index (Phi) is 4.82. The molecule has 2 heterocycles. The second-order valence-electron chi connectivity index (χ2n) is 13.0. The molecule has 212 valence electrons. The van der Waals surface area contributed by atoms with Gasteiger partial charge in [-0.3, -0.25) is 0 Å². The number of para-hydroxylation sites is 1. The van der Waals surface area contributed by atoms with Crippen LogP contribution < -0.4 is 0 Å².